The van der Waals surface area contributed by atoms with Gasteiger partial charge >= 0.3 is 0 Å². The summed E-state index contributed by atoms with van der Waals surface area (Å²) in [5.74, 6) is 1.67. The van der Waals surface area contributed by atoms with Crippen molar-refractivity contribution in [3.63, 3.8) is 0 Å². The Morgan fingerprint density at radius 3 is 2.43 bits per heavy atom. The summed E-state index contributed by atoms with van der Waals surface area (Å²) in [6.45, 7) is 9.23. The van der Waals surface area contributed by atoms with Crippen LogP contribution in [0.5, 0.6) is 0 Å². The molecule has 0 spiro atoms. The van der Waals surface area contributed by atoms with Crippen LogP contribution in [0.3, 0.4) is 0 Å². The first-order chi connectivity index (χ1) is 6.41. The molecule has 14 heavy (non-hydrogen) atoms. The van der Waals surface area contributed by atoms with Gasteiger partial charge in [0.1, 0.15) is 0 Å². The van der Waals surface area contributed by atoms with Crippen LogP contribution < -0.4 is 5.32 Å². The quantitative estimate of drug-likeness (QED) is 0.762. The molecular weight excluding hydrogens is 194 g/mol. The van der Waals surface area contributed by atoms with Crippen molar-refractivity contribution in [2.24, 2.45) is 5.92 Å². The van der Waals surface area contributed by atoms with E-state index in [2.05, 4.69) is 12.2 Å². The molecule has 1 N–H and O–H groups in total. The average molecular weight is 217 g/mol. The summed E-state index contributed by atoms with van der Waals surface area (Å²) in [6.07, 6.45) is 2.74. The van der Waals surface area contributed by atoms with E-state index in [1.165, 1.54) is 12.8 Å². The molecule has 3 heteroatoms. The van der Waals surface area contributed by atoms with Crippen LogP contribution in [0.15, 0.2) is 0 Å². The Balaban J connectivity index is 2.11. The molecule has 1 fully saturated rings. The van der Waals surface area contributed by atoms with Crippen molar-refractivity contribution in [2.75, 3.05) is 12.3 Å². The highest BCUT2D eigenvalue weighted by Gasteiger charge is 2.27. The summed E-state index contributed by atoms with van der Waals surface area (Å²) in [7, 11) is -0.709. The minimum atomic E-state index is -0.709. The molecule has 0 heterocycles. The van der Waals surface area contributed by atoms with Crippen LogP contribution in [0.25, 0.3) is 0 Å². The van der Waals surface area contributed by atoms with Gasteiger partial charge in [0.05, 0.1) is 0 Å². The van der Waals surface area contributed by atoms with E-state index in [4.69, 9.17) is 0 Å². The van der Waals surface area contributed by atoms with E-state index in [0.717, 1.165) is 18.2 Å². The molecule has 2 nitrogen and oxygen atoms in total. The lowest BCUT2D eigenvalue weighted by atomic mass is 10.2. The van der Waals surface area contributed by atoms with E-state index in [0.29, 0.717) is 6.04 Å². The van der Waals surface area contributed by atoms with Crippen molar-refractivity contribution < 1.29 is 4.21 Å². The first-order valence-corrected chi connectivity index (χ1v) is 6.85. The van der Waals surface area contributed by atoms with Crippen LogP contribution in [0.1, 0.15) is 40.5 Å². The van der Waals surface area contributed by atoms with Gasteiger partial charge in [-0.2, -0.15) is 0 Å². The Hall–Kier alpha value is 0.110. The minimum absolute atomic E-state index is 0.0650. The molecule has 0 bridgehead atoms. The fourth-order valence-electron chi connectivity index (χ4n) is 1.45. The maximum atomic E-state index is 11.7. The van der Waals surface area contributed by atoms with Gasteiger partial charge in [-0.25, -0.2) is 0 Å². The topological polar surface area (TPSA) is 29.1 Å². The summed E-state index contributed by atoms with van der Waals surface area (Å²) in [5.41, 5.74) is 0. The molecule has 1 saturated carbocycles. The SMILES string of the molecule is CC(NCCS(=O)C(C)(C)C)C1CC1. The Kier molecular flexibility index (Phi) is 4.14. The summed E-state index contributed by atoms with van der Waals surface area (Å²) in [6, 6.07) is 0.618. The van der Waals surface area contributed by atoms with Crippen LogP contribution in [0.2, 0.25) is 0 Å². The first kappa shape index (κ1) is 12.2. The van der Waals surface area contributed by atoms with Crippen LogP contribution in [-0.4, -0.2) is 27.3 Å². The summed E-state index contributed by atoms with van der Waals surface area (Å²) in [4.78, 5) is 0. The van der Waals surface area contributed by atoms with Crippen LogP contribution in [-0.2, 0) is 10.8 Å². The second-order valence-electron chi connectivity index (χ2n) is 5.24. The number of nitrogens with one attached hydrogen (secondary N) is 1. The lowest BCUT2D eigenvalue weighted by Gasteiger charge is -2.19. The average Bonchev–Trinajstić information content (AvgIpc) is 2.84. The summed E-state index contributed by atoms with van der Waals surface area (Å²) in [5, 5.41) is 3.45. The van der Waals surface area contributed by atoms with E-state index in [1.807, 2.05) is 20.8 Å². The molecule has 2 atom stereocenters. The molecule has 1 aliphatic carbocycles. The molecule has 0 amide bonds. The van der Waals surface area contributed by atoms with Gasteiger partial charge in [-0.05, 0) is 46.5 Å². The van der Waals surface area contributed by atoms with E-state index in [-0.39, 0.29) is 4.75 Å². The first-order valence-electron chi connectivity index (χ1n) is 5.53. The predicted octanol–water partition coefficient (Wildman–Crippen LogP) is 1.92. The van der Waals surface area contributed by atoms with E-state index in [9.17, 15) is 4.21 Å². The van der Waals surface area contributed by atoms with Crippen molar-refractivity contribution in [3.05, 3.63) is 0 Å². The zero-order valence-electron chi connectivity index (χ0n) is 9.80. The Morgan fingerprint density at radius 2 is 2.00 bits per heavy atom. The molecule has 2 unspecified atom stereocenters. The fourth-order valence-corrected chi connectivity index (χ4v) is 2.36. The molecule has 0 radical (unpaired) electrons. The van der Waals surface area contributed by atoms with E-state index >= 15 is 0 Å². The van der Waals surface area contributed by atoms with Crippen LogP contribution >= 0.6 is 0 Å². The highest BCUT2D eigenvalue weighted by Crippen LogP contribution is 2.32. The van der Waals surface area contributed by atoms with Crippen molar-refractivity contribution in [2.45, 2.75) is 51.3 Å². The highest BCUT2D eigenvalue weighted by atomic mass is 32.2. The lowest BCUT2D eigenvalue weighted by Crippen LogP contribution is -2.34. The van der Waals surface area contributed by atoms with Gasteiger partial charge in [-0.15, -0.1) is 0 Å². The summed E-state index contributed by atoms with van der Waals surface area (Å²) >= 11 is 0. The Labute approximate surface area is 90.3 Å². The predicted molar refractivity (Wildman–Crippen MR) is 63.0 cm³/mol. The van der Waals surface area contributed by atoms with Gasteiger partial charge in [0.25, 0.3) is 0 Å². The van der Waals surface area contributed by atoms with E-state index in [1.54, 1.807) is 0 Å². The van der Waals surface area contributed by atoms with Gasteiger partial charge < -0.3 is 5.32 Å². The second kappa shape index (κ2) is 4.75. The van der Waals surface area contributed by atoms with E-state index < -0.39 is 10.8 Å². The number of hydrogen-bond acceptors (Lipinski definition) is 2. The van der Waals surface area contributed by atoms with Crippen molar-refractivity contribution in [1.29, 1.82) is 0 Å². The zero-order chi connectivity index (χ0) is 10.8. The lowest BCUT2D eigenvalue weighted by molar-refractivity contribution is 0.512. The standard InChI is InChI=1S/C11H23NOS/c1-9(10-5-6-10)12-7-8-14(13)11(2,3)4/h9-10,12H,5-8H2,1-4H3. The maximum absolute atomic E-state index is 11.7. The highest BCUT2D eigenvalue weighted by molar-refractivity contribution is 7.86. The fraction of sp³-hybridized carbons (Fsp3) is 1.00. The smallest absolute Gasteiger partial charge is 0.0375 e. The van der Waals surface area contributed by atoms with Crippen molar-refractivity contribution in [1.82, 2.24) is 5.32 Å². The molecule has 1 rings (SSSR count). The van der Waals surface area contributed by atoms with Gasteiger partial charge in [0.15, 0.2) is 0 Å². The normalized spacial score (nSPS) is 22.0. The Bertz CT molecular complexity index is 206. The molecule has 0 aromatic rings. The molecule has 0 aromatic carbocycles. The van der Waals surface area contributed by atoms with Crippen molar-refractivity contribution >= 4 is 10.8 Å². The van der Waals surface area contributed by atoms with Crippen LogP contribution in [0.4, 0.5) is 0 Å². The van der Waals surface area contributed by atoms with Gasteiger partial charge in [0.2, 0.25) is 0 Å². The third-order valence-corrected chi connectivity index (χ3v) is 4.71. The third-order valence-electron chi connectivity index (χ3n) is 2.77. The monoisotopic (exact) mass is 217 g/mol. The molecule has 0 saturated heterocycles. The molecule has 1 aliphatic rings. The molecule has 84 valence electrons. The van der Waals surface area contributed by atoms with Crippen LogP contribution in [0, 0.1) is 5.92 Å². The summed E-state index contributed by atoms with van der Waals surface area (Å²) < 4.78 is 11.6. The number of hydrogen-bond donors (Lipinski definition) is 1. The minimum Gasteiger partial charge on any atom is -0.313 e. The second-order valence-corrected chi connectivity index (χ2v) is 7.57. The third kappa shape index (κ3) is 4.09. The largest absolute Gasteiger partial charge is 0.313 e. The van der Waals surface area contributed by atoms with Gasteiger partial charge in [-0.3, -0.25) is 4.21 Å². The Morgan fingerprint density at radius 1 is 1.43 bits per heavy atom. The maximum Gasteiger partial charge on any atom is 0.0375 e. The molecular formula is C11H23NOS. The molecule has 0 aromatic heterocycles. The zero-order valence-corrected chi connectivity index (χ0v) is 10.6. The molecule has 0 aliphatic heterocycles. The van der Waals surface area contributed by atoms with Crippen molar-refractivity contribution in [3.8, 4) is 0 Å². The number of rotatable bonds is 5. The van der Waals surface area contributed by atoms with Gasteiger partial charge in [-0.1, -0.05) is 0 Å². The van der Waals surface area contributed by atoms with Gasteiger partial charge in [0, 0.05) is 33.9 Å².